The van der Waals surface area contributed by atoms with Gasteiger partial charge in [0, 0.05) is 6.61 Å². The van der Waals surface area contributed by atoms with Crippen LogP contribution in [0.4, 0.5) is 0 Å². The molecule has 0 fully saturated rings. The quantitative estimate of drug-likeness (QED) is 0.207. The smallest absolute Gasteiger partial charge is 0.375 e. The number of benzene rings is 2. The van der Waals surface area contributed by atoms with E-state index in [0.29, 0.717) is 13.0 Å². The Bertz CT molecular complexity index is 809. The molecule has 0 N–H and O–H groups in total. The topological polar surface area (TPSA) is 52.6 Å². The van der Waals surface area contributed by atoms with Crippen molar-refractivity contribution in [1.82, 2.24) is 0 Å². The molecule has 0 saturated heterocycles. The van der Waals surface area contributed by atoms with E-state index >= 15 is 0 Å². The van der Waals surface area contributed by atoms with Gasteiger partial charge < -0.3 is 9.16 Å². The molecule has 0 heterocycles. The summed E-state index contributed by atoms with van der Waals surface area (Å²) < 4.78 is 11.7. The highest BCUT2D eigenvalue weighted by molar-refractivity contribution is 9.10. The van der Waals surface area contributed by atoms with Crippen LogP contribution in [-0.2, 0) is 18.8 Å². The Kier molecular flexibility index (Phi) is 9.22. The number of ether oxygens (including phenoxy) is 1. The maximum atomic E-state index is 12.2. The number of hydrogen-bond donors (Lipinski definition) is 0. The summed E-state index contributed by atoms with van der Waals surface area (Å²) in [6, 6.07) is 20.9. The van der Waals surface area contributed by atoms with Crippen LogP contribution < -0.4 is 10.4 Å². The van der Waals surface area contributed by atoms with Crippen molar-refractivity contribution in [3.63, 3.8) is 0 Å². The number of carbonyl (C=O) groups is 2. The number of halogens is 1. The lowest BCUT2D eigenvalue weighted by Gasteiger charge is -2.43. The van der Waals surface area contributed by atoms with Crippen molar-refractivity contribution >= 4 is 46.4 Å². The second kappa shape index (κ2) is 11.2. The van der Waals surface area contributed by atoms with Gasteiger partial charge in [-0.15, -0.1) is 0 Å². The van der Waals surface area contributed by atoms with E-state index in [0.717, 1.165) is 0 Å². The van der Waals surface area contributed by atoms with E-state index in [9.17, 15) is 9.59 Å². The minimum atomic E-state index is -2.62. The van der Waals surface area contributed by atoms with Gasteiger partial charge >= 0.3 is 5.97 Å². The summed E-state index contributed by atoms with van der Waals surface area (Å²) in [5.41, 5.74) is 0. The van der Waals surface area contributed by atoms with Crippen molar-refractivity contribution in [3.8, 4) is 0 Å². The molecule has 168 valence electrons. The number of ketones is 1. The second-order valence-corrected chi connectivity index (χ2v) is 14.3. The van der Waals surface area contributed by atoms with Crippen LogP contribution in [0.2, 0.25) is 5.04 Å². The largest absolute Gasteiger partial charge is 0.460 e. The molecule has 0 aliphatic carbocycles. The molecule has 4 nitrogen and oxygen atoms in total. The zero-order chi connectivity index (χ0) is 23.1. The Hall–Kier alpha value is -1.76. The maximum Gasteiger partial charge on any atom is 0.375 e. The fourth-order valence-electron chi connectivity index (χ4n) is 3.89. The molecule has 2 aromatic rings. The molecule has 0 amide bonds. The molecular weight excluding hydrogens is 472 g/mol. The highest BCUT2D eigenvalue weighted by atomic mass is 79.9. The molecule has 0 saturated carbocycles. The number of alkyl halides is 1. The molecule has 2 unspecified atom stereocenters. The molecule has 6 heteroatoms. The van der Waals surface area contributed by atoms with Gasteiger partial charge in [0.1, 0.15) is 0 Å². The maximum absolute atomic E-state index is 12.2. The molecule has 0 aromatic heterocycles. The Balaban J connectivity index is 2.29. The third kappa shape index (κ3) is 6.15. The Morgan fingerprint density at radius 1 is 0.968 bits per heavy atom. The van der Waals surface area contributed by atoms with E-state index in [1.807, 2.05) is 19.1 Å². The number of hydrogen-bond acceptors (Lipinski definition) is 4. The summed E-state index contributed by atoms with van der Waals surface area (Å²) in [4.78, 5) is 23.4. The normalized spacial score (nSPS) is 14.0. The summed E-state index contributed by atoms with van der Waals surface area (Å²) in [5.74, 6) is -1.26. The van der Waals surface area contributed by atoms with Gasteiger partial charge in [0.25, 0.3) is 14.1 Å². The van der Waals surface area contributed by atoms with E-state index in [1.165, 1.54) is 10.4 Å². The molecule has 0 radical (unpaired) electrons. The zero-order valence-electron chi connectivity index (χ0n) is 19.1. The molecule has 2 rings (SSSR count). The fraction of sp³-hybridized carbons (Fsp3) is 0.440. The number of carbonyl (C=O) groups excluding carboxylic acids is 2. The molecule has 0 spiro atoms. The zero-order valence-corrected chi connectivity index (χ0v) is 21.6. The van der Waals surface area contributed by atoms with Gasteiger partial charge in [-0.1, -0.05) is 104 Å². The Morgan fingerprint density at radius 3 is 1.87 bits per heavy atom. The van der Waals surface area contributed by atoms with Gasteiger partial charge in [-0.05, 0) is 34.7 Å². The molecule has 2 atom stereocenters. The first-order valence-electron chi connectivity index (χ1n) is 10.7. The van der Waals surface area contributed by atoms with Crippen LogP contribution >= 0.6 is 15.9 Å². The first kappa shape index (κ1) is 25.5. The van der Waals surface area contributed by atoms with Crippen molar-refractivity contribution in [2.75, 3.05) is 13.2 Å². The van der Waals surface area contributed by atoms with Gasteiger partial charge in [0.05, 0.1) is 11.4 Å². The highest BCUT2D eigenvalue weighted by Gasteiger charge is 2.50. The lowest BCUT2D eigenvalue weighted by Crippen LogP contribution is -2.66. The van der Waals surface area contributed by atoms with Crippen LogP contribution in [0.5, 0.6) is 0 Å². The second-order valence-electron chi connectivity index (χ2n) is 8.87. The van der Waals surface area contributed by atoms with Crippen molar-refractivity contribution in [2.24, 2.45) is 5.92 Å². The van der Waals surface area contributed by atoms with E-state index in [1.54, 1.807) is 6.92 Å². The minimum Gasteiger partial charge on any atom is -0.460 e. The van der Waals surface area contributed by atoms with Crippen LogP contribution in [-0.4, -0.2) is 38.1 Å². The average molecular weight is 506 g/mol. The van der Waals surface area contributed by atoms with Crippen LogP contribution in [0.25, 0.3) is 0 Å². The van der Waals surface area contributed by atoms with Gasteiger partial charge in [0.2, 0.25) is 0 Å². The standard InChI is InChI=1S/C25H33BrO4Si/c1-6-29-24(28)23(27)22(26)17-19(2)18-30-31(25(3,4)5,20-13-9-7-10-14-20)21-15-11-8-12-16-21/h7-16,19,22H,6,17-18H2,1-5H3. The van der Waals surface area contributed by atoms with E-state index < -0.39 is 24.9 Å². The lowest BCUT2D eigenvalue weighted by molar-refractivity contribution is -0.153. The third-order valence-electron chi connectivity index (χ3n) is 5.37. The Labute approximate surface area is 195 Å². The van der Waals surface area contributed by atoms with Crippen LogP contribution in [0, 0.1) is 5.92 Å². The van der Waals surface area contributed by atoms with Crippen molar-refractivity contribution < 1.29 is 18.8 Å². The molecule has 0 aliphatic heterocycles. The van der Waals surface area contributed by atoms with E-state index in [2.05, 4.69) is 85.2 Å². The van der Waals surface area contributed by atoms with E-state index in [-0.39, 0.29) is 17.6 Å². The molecule has 0 bridgehead atoms. The van der Waals surface area contributed by atoms with Crippen molar-refractivity contribution in [3.05, 3.63) is 60.7 Å². The van der Waals surface area contributed by atoms with Gasteiger partial charge in [-0.3, -0.25) is 4.79 Å². The highest BCUT2D eigenvalue weighted by Crippen LogP contribution is 2.37. The van der Waals surface area contributed by atoms with Gasteiger partial charge in [-0.25, -0.2) is 4.79 Å². The van der Waals surface area contributed by atoms with Crippen molar-refractivity contribution in [1.29, 1.82) is 0 Å². The SMILES string of the molecule is CCOC(=O)C(=O)C(Br)CC(C)CO[Si](c1ccccc1)(c1ccccc1)C(C)(C)C. The summed E-state index contributed by atoms with van der Waals surface area (Å²) in [6.45, 7) is 11.1. The number of esters is 1. The van der Waals surface area contributed by atoms with Crippen LogP contribution in [0.3, 0.4) is 0 Å². The van der Waals surface area contributed by atoms with Crippen LogP contribution in [0.15, 0.2) is 60.7 Å². The lowest BCUT2D eigenvalue weighted by atomic mass is 10.0. The Morgan fingerprint density at radius 2 is 1.45 bits per heavy atom. The monoisotopic (exact) mass is 504 g/mol. The van der Waals surface area contributed by atoms with Crippen LogP contribution in [0.1, 0.15) is 41.0 Å². The van der Waals surface area contributed by atoms with E-state index in [4.69, 9.17) is 9.16 Å². The number of rotatable bonds is 10. The summed E-state index contributed by atoms with van der Waals surface area (Å²) in [6.07, 6.45) is 0.496. The predicted octanol–water partition coefficient (Wildman–Crippen LogP) is 4.48. The first-order chi connectivity index (χ1) is 14.6. The minimum absolute atomic E-state index is 0.0735. The molecular formula is C25H33BrO4Si. The predicted molar refractivity (Wildman–Crippen MR) is 132 cm³/mol. The first-order valence-corrected chi connectivity index (χ1v) is 13.6. The van der Waals surface area contributed by atoms with Gasteiger partial charge in [0.15, 0.2) is 0 Å². The fourth-order valence-corrected chi connectivity index (χ4v) is 9.40. The molecule has 31 heavy (non-hydrogen) atoms. The summed E-state index contributed by atoms with van der Waals surface area (Å²) >= 11 is 3.37. The third-order valence-corrected chi connectivity index (χ3v) is 11.2. The molecule has 2 aromatic carbocycles. The summed E-state index contributed by atoms with van der Waals surface area (Å²) in [7, 11) is -2.62. The number of Topliss-reactive ketones (excluding diaryl/α,β-unsaturated/α-hetero) is 1. The van der Waals surface area contributed by atoms with Crippen molar-refractivity contribution in [2.45, 2.75) is 50.9 Å². The molecule has 0 aliphatic rings. The van der Waals surface area contributed by atoms with Gasteiger partial charge in [-0.2, -0.15) is 0 Å². The average Bonchev–Trinajstić information content (AvgIpc) is 2.74. The summed E-state index contributed by atoms with van der Waals surface area (Å²) in [5, 5.41) is 2.34.